The van der Waals surface area contributed by atoms with Crippen LogP contribution in [0.4, 0.5) is 5.69 Å². The van der Waals surface area contributed by atoms with E-state index < -0.39 is 0 Å². The Kier molecular flexibility index (Phi) is 4.70. The van der Waals surface area contributed by atoms with Gasteiger partial charge in [0.1, 0.15) is 0 Å². The van der Waals surface area contributed by atoms with Gasteiger partial charge in [-0.1, -0.05) is 45.2 Å². The standard InChI is InChI=1S/C17H31B2N3/c1-12-10-13(2)16-15(11-12)17(4,5)14(3)21(8)19(7)22(9)18(6)20-16/h10-11,14,20H,1-9H3. The molecule has 0 spiro atoms. The third kappa shape index (κ3) is 2.81. The van der Waals surface area contributed by atoms with Crippen LogP contribution in [0.2, 0.25) is 13.6 Å². The Labute approximate surface area is 137 Å². The Hall–Kier alpha value is -0.930. The van der Waals surface area contributed by atoms with Gasteiger partial charge in [0.2, 0.25) is 0 Å². The van der Waals surface area contributed by atoms with E-state index in [1.807, 2.05) is 0 Å². The molecule has 0 aliphatic carbocycles. The number of rotatable bonds is 0. The fourth-order valence-corrected chi connectivity index (χ4v) is 3.65. The fraction of sp³-hybridized carbons (Fsp3) is 0.647. The molecular weight excluding hydrogens is 268 g/mol. The van der Waals surface area contributed by atoms with Crippen molar-refractivity contribution in [3.05, 3.63) is 28.8 Å². The van der Waals surface area contributed by atoms with Crippen molar-refractivity contribution in [2.24, 2.45) is 0 Å². The summed E-state index contributed by atoms with van der Waals surface area (Å²) in [6.45, 7) is 16.7. The number of fused-ring (bicyclic) bond motifs is 1. The largest absolute Gasteiger partial charge is 0.415 e. The Morgan fingerprint density at radius 3 is 2.32 bits per heavy atom. The normalized spacial score (nSPS) is 23.4. The molecule has 1 aromatic rings. The van der Waals surface area contributed by atoms with Crippen molar-refractivity contribution in [3.8, 4) is 0 Å². The summed E-state index contributed by atoms with van der Waals surface area (Å²) in [5.74, 6) is 0. The molecule has 0 fully saturated rings. The number of anilines is 1. The van der Waals surface area contributed by atoms with Gasteiger partial charge in [-0.3, -0.25) is 0 Å². The lowest BCUT2D eigenvalue weighted by molar-refractivity contribution is 0.265. The van der Waals surface area contributed by atoms with Crippen LogP contribution in [0.25, 0.3) is 0 Å². The lowest BCUT2D eigenvalue weighted by Crippen LogP contribution is -2.59. The number of nitrogens with one attached hydrogen (secondary N) is 1. The first-order valence-corrected chi connectivity index (χ1v) is 8.39. The number of likely N-dealkylation sites (N-methyl/N-ethyl adjacent to an activating group) is 1. The summed E-state index contributed by atoms with van der Waals surface area (Å²) in [4.78, 5) is 2.49. The van der Waals surface area contributed by atoms with Crippen LogP contribution >= 0.6 is 0 Å². The molecule has 5 heteroatoms. The summed E-state index contributed by atoms with van der Waals surface area (Å²) in [5, 5.41) is 3.77. The molecule has 1 heterocycles. The van der Waals surface area contributed by atoms with Gasteiger partial charge in [-0.15, -0.1) is 0 Å². The molecule has 0 radical (unpaired) electrons. The van der Waals surface area contributed by atoms with E-state index in [0.29, 0.717) is 20.0 Å². The maximum Gasteiger partial charge on any atom is 0.326 e. The van der Waals surface area contributed by atoms with E-state index in [2.05, 4.69) is 89.3 Å². The zero-order valence-electron chi connectivity index (χ0n) is 15.8. The van der Waals surface area contributed by atoms with Crippen LogP contribution in [-0.4, -0.2) is 43.6 Å². The average Bonchev–Trinajstić information content (AvgIpc) is 2.46. The second-order valence-corrected chi connectivity index (χ2v) is 7.69. The lowest BCUT2D eigenvalue weighted by Gasteiger charge is -2.42. The smallest absolute Gasteiger partial charge is 0.326 e. The predicted molar refractivity (Wildman–Crippen MR) is 101 cm³/mol. The zero-order chi connectivity index (χ0) is 16.8. The van der Waals surface area contributed by atoms with E-state index in [-0.39, 0.29) is 5.41 Å². The summed E-state index contributed by atoms with van der Waals surface area (Å²) in [5.41, 5.74) is 5.50. The maximum atomic E-state index is 3.77. The molecule has 120 valence electrons. The van der Waals surface area contributed by atoms with E-state index in [0.717, 1.165) is 0 Å². The van der Waals surface area contributed by atoms with Gasteiger partial charge in [0.15, 0.2) is 0 Å². The highest BCUT2D eigenvalue weighted by molar-refractivity contribution is 6.71. The van der Waals surface area contributed by atoms with Crippen molar-refractivity contribution < 1.29 is 0 Å². The van der Waals surface area contributed by atoms with Crippen LogP contribution in [-0.2, 0) is 5.41 Å². The quantitative estimate of drug-likeness (QED) is 0.740. The third-order valence-corrected chi connectivity index (χ3v) is 5.97. The minimum Gasteiger partial charge on any atom is -0.415 e. The molecule has 0 amide bonds. The molecule has 0 bridgehead atoms. The van der Waals surface area contributed by atoms with Crippen LogP contribution < -0.4 is 5.23 Å². The van der Waals surface area contributed by atoms with Gasteiger partial charge in [0.25, 0.3) is 6.98 Å². The average molecular weight is 299 g/mol. The molecule has 22 heavy (non-hydrogen) atoms. The lowest BCUT2D eigenvalue weighted by atomic mass is 9.61. The summed E-state index contributed by atoms with van der Waals surface area (Å²) >= 11 is 0. The highest BCUT2D eigenvalue weighted by atomic mass is 15.2. The first-order chi connectivity index (χ1) is 10.1. The van der Waals surface area contributed by atoms with E-state index in [9.17, 15) is 0 Å². The molecule has 3 nitrogen and oxygen atoms in total. The van der Waals surface area contributed by atoms with Gasteiger partial charge in [0.05, 0.1) is 0 Å². The zero-order valence-corrected chi connectivity index (χ0v) is 15.8. The number of nitrogens with zero attached hydrogens (tertiary/aromatic N) is 2. The van der Waals surface area contributed by atoms with Crippen LogP contribution in [0.5, 0.6) is 0 Å². The molecule has 0 saturated carbocycles. The molecule has 1 aliphatic heterocycles. The molecule has 0 aromatic heterocycles. The van der Waals surface area contributed by atoms with Crippen LogP contribution in [0.1, 0.15) is 37.5 Å². The van der Waals surface area contributed by atoms with Gasteiger partial charge in [-0.2, -0.15) is 0 Å². The van der Waals surface area contributed by atoms with Gasteiger partial charge in [-0.25, -0.2) is 0 Å². The molecule has 1 atom stereocenters. The number of hydrogen-bond donors (Lipinski definition) is 1. The first kappa shape index (κ1) is 17.4. The second kappa shape index (κ2) is 5.93. The van der Waals surface area contributed by atoms with Crippen molar-refractivity contribution in [1.29, 1.82) is 0 Å². The molecule has 1 unspecified atom stereocenters. The van der Waals surface area contributed by atoms with Crippen molar-refractivity contribution in [1.82, 2.24) is 9.53 Å². The van der Waals surface area contributed by atoms with Crippen molar-refractivity contribution in [2.75, 3.05) is 19.3 Å². The predicted octanol–water partition coefficient (Wildman–Crippen LogP) is 3.49. The molecule has 1 N–H and O–H groups in total. The summed E-state index contributed by atoms with van der Waals surface area (Å²) in [6.07, 6.45) is 0. The maximum absolute atomic E-state index is 3.77. The van der Waals surface area contributed by atoms with Crippen LogP contribution in [0.15, 0.2) is 12.1 Å². The van der Waals surface area contributed by atoms with Crippen LogP contribution in [0, 0.1) is 13.8 Å². The first-order valence-electron chi connectivity index (χ1n) is 8.39. The highest BCUT2D eigenvalue weighted by Crippen LogP contribution is 2.38. The minimum absolute atomic E-state index is 0.0764. The number of hydrogen-bond acceptors (Lipinski definition) is 3. The molecule has 1 aromatic carbocycles. The molecule has 0 saturated heterocycles. The van der Waals surface area contributed by atoms with Crippen molar-refractivity contribution >= 4 is 19.7 Å². The summed E-state index contributed by atoms with van der Waals surface area (Å²) < 4.78 is 2.40. The third-order valence-electron chi connectivity index (χ3n) is 5.97. The Bertz CT molecular complexity index is 559. The van der Waals surface area contributed by atoms with E-state index in [1.54, 1.807) is 0 Å². The van der Waals surface area contributed by atoms with E-state index in [4.69, 9.17) is 0 Å². The molecule has 2 rings (SSSR count). The van der Waals surface area contributed by atoms with Gasteiger partial charge >= 0.3 is 6.98 Å². The topological polar surface area (TPSA) is 18.5 Å². The van der Waals surface area contributed by atoms with Gasteiger partial charge in [-0.05, 0) is 46.0 Å². The summed E-state index contributed by atoms with van der Waals surface area (Å²) in [7, 11) is 4.45. The van der Waals surface area contributed by atoms with Crippen molar-refractivity contribution in [3.63, 3.8) is 0 Å². The Morgan fingerprint density at radius 1 is 1.14 bits per heavy atom. The van der Waals surface area contributed by atoms with E-state index in [1.165, 1.54) is 22.4 Å². The minimum atomic E-state index is 0.0764. The monoisotopic (exact) mass is 299 g/mol. The Balaban J connectivity index is 2.68. The second-order valence-electron chi connectivity index (χ2n) is 7.69. The Morgan fingerprint density at radius 2 is 1.73 bits per heavy atom. The molecular formula is C17H31B2N3. The van der Waals surface area contributed by atoms with Gasteiger partial charge < -0.3 is 14.8 Å². The highest BCUT2D eigenvalue weighted by Gasteiger charge is 2.40. The molecule has 1 aliphatic rings. The van der Waals surface area contributed by atoms with Crippen molar-refractivity contribution in [2.45, 2.75) is 59.7 Å². The number of aryl methyl sites for hydroxylation is 2. The van der Waals surface area contributed by atoms with Gasteiger partial charge in [0, 0.05) is 17.1 Å². The SMILES string of the molecule is CB1Nc2c(C)cc(C)cc2C(C)(C)C(C)N(C)B(C)N1C. The summed E-state index contributed by atoms with van der Waals surface area (Å²) in [6, 6.07) is 5.09. The van der Waals surface area contributed by atoms with E-state index >= 15 is 0 Å². The number of benzene rings is 1. The van der Waals surface area contributed by atoms with Crippen LogP contribution in [0.3, 0.4) is 0 Å². The fourth-order valence-electron chi connectivity index (χ4n) is 3.65.